The lowest BCUT2D eigenvalue weighted by Crippen LogP contribution is -3.11. The summed E-state index contributed by atoms with van der Waals surface area (Å²) in [5.74, 6) is -0.503. The van der Waals surface area contributed by atoms with Crippen molar-refractivity contribution in [2.45, 2.75) is 13.0 Å². The average Bonchev–Trinajstić information content (AvgIpc) is 2.63. The normalized spacial score (nSPS) is 14.5. The molecule has 0 aliphatic carbocycles. The summed E-state index contributed by atoms with van der Waals surface area (Å²) >= 11 is 0. The number of carbonyl (C=O) groups excluding carboxylic acids is 2. The fourth-order valence-corrected chi connectivity index (χ4v) is 3.15. The summed E-state index contributed by atoms with van der Waals surface area (Å²) in [7, 11) is 1.82. The Morgan fingerprint density at radius 1 is 1.08 bits per heavy atom. The molecule has 0 radical (unpaired) electrons. The lowest BCUT2D eigenvalue weighted by Gasteiger charge is -2.29. The van der Waals surface area contributed by atoms with E-state index < -0.39 is 0 Å². The number of likely N-dealkylation sites (N-methyl/N-ethyl adjacent to an activating group) is 1. The van der Waals surface area contributed by atoms with E-state index in [-0.39, 0.29) is 30.7 Å². The maximum atomic E-state index is 12.9. The highest BCUT2D eigenvalue weighted by Crippen LogP contribution is 2.18. The second-order valence-electron chi connectivity index (χ2n) is 6.70. The molecule has 1 unspecified atom stereocenters. The first-order valence-electron chi connectivity index (χ1n) is 8.72. The molecule has 2 aromatic carbocycles. The van der Waals surface area contributed by atoms with Crippen LogP contribution < -0.4 is 10.2 Å². The number of hydrogen-bond acceptors (Lipinski definition) is 2. The van der Waals surface area contributed by atoms with Gasteiger partial charge in [-0.05, 0) is 41.8 Å². The Kier molecular flexibility index (Phi) is 5.63. The average molecular weight is 356 g/mol. The van der Waals surface area contributed by atoms with Crippen LogP contribution in [0.4, 0.5) is 10.1 Å². The lowest BCUT2D eigenvalue weighted by molar-refractivity contribution is -0.862. The second kappa shape index (κ2) is 8.10. The van der Waals surface area contributed by atoms with Gasteiger partial charge in [0, 0.05) is 18.8 Å². The third-order valence-electron chi connectivity index (χ3n) is 4.53. The fourth-order valence-electron chi connectivity index (χ4n) is 3.15. The third-order valence-corrected chi connectivity index (χ3v) is 4.53. The van der Waals surface area contributed by atoms with Gasteiger partial charge in [-0.2, -0.15) is 0 Å². The molecule has 0 saturated carbocycles. The monoisotopic (exact) mass is 356 g/mol. The first-order valence-corrected chi connectivity index (χ1v) is 8.72. The van der Waals surface area contributed by atoms with Crippen molar-refractivity contribution >= 4 is 17.5 Å². The van der Waals surface area contributed by atoms with Crippen LogP contribution in [0.25, 0.3) is 0 Å². The Morgan fingerprint density at radius 2 is 1.77 bits per heavy atom. The number of benzene rings is 2. The molecule has 26 heavy (non-hydrogen) atoms. The minimum Gasteiger partial charge on any atom is -0.333 e. The van der Waals surface area contributed by atoms with E-state index >= 15 is 0 Å². The van der Waals surface area contributed by atoms with Crippen LogP contribution in [0.1, 0.15) is 11.1 Å². The minimum atomic E-state index is -0.348. The quantitative estimate of drug-likeness (QED) is 0.835. The number of nitrogens with zero attached hydrogens (tertiary/aromatic N) is 1. The number of fused-ring (bicyclic) bond motifs is 1. The molecule has 1 aliphatic rings. The minimum absolute atomic E-state index is 0.0478. The van der Waals surface area contributed by atoms with E-state index in [9.17, 15) is 14.0 Å². The van der Waals surface area contributed by atoms with Crippen LogP contribution in [0.15, 0.2) is 48.5 Å². The van der Waals surface area contributed by atoms with E-state index in [1.54, 1.807) is 0 Å². The highest BCUT2D eigenvalue weighted by molar-refractivity contribution is 5.91. The first-order chi connectivity index (χ1) is 12.5. The second-order valence-corrected chi connectivity index (χ2v) is 6.70. The van der Waals surface area contributed by atoms with Crippen LogP contribution in [-0.2, 0) is 22.6 Å². The van der Waals surface area contributed by atoms with Gasteiger partial charge in [0.15, 0.2) is 13.1 Å². The molecular formula is C20H23FN3O2+. The number of halogens is 1. The van der Waals surface area contributed by atoms with Crippen molar-refractivity contribution in [2.24, 2.45) is 0 Å². The van der Waals surface area contributed by atoms with Gasteiger partial charge in [0.1, 0.15) is 5.82 Å². The van der Waals surface area contributed by atoms with Crippen LogP contribution in [0.2, 0.25) is 0 Å². The van der Waals surface area contributed by atoms with Gasteiger partial charge in [-0.15, -0.1) is 0 Å². The summed E-state index contributed by atoms with van der Waals surface area (Å²) in [5, 5.41) is 2.71. The lowest BCUT2D eigenvalue weighted by atomic mass is 10.00. The standard InChI is InChI=1S/C20H22FN3O2/c1-23(13-19(25)22-18-8-6-17(21)7-9-18)14-20(26)24-11-10-15-4-2-3-5-16(15)12-24/h2-9H,10-14H2,1H3,(H,22,25)/p+1. The van der Waals surface area contributed by atoms with E-state index in [1.165, 1.54) is 35.4 Å². The zero-order chi connectivity index (χ0) is 18.5. The maximum absolute atomic E-state index is 12.9. The van der Waals surface area contributed by atoms with Crippen molar-refractivity contribution in [3.05, 3.63) is 65.5 Å². The first kappa shape index (κ1) is 18.1. The van der Waals surface area contributed by atoms with E-state index in [0.29, 0.717) is 18.8 Å². The number of rotatable bonds is 5. The van der Waals surface area contributed by atoms with Gasteiger partial charge < -0.3 is 15.1 Å². The van der Waals surface area contributed by atoms with Crippen LogP contribution in [0.3, 0.4) is 0 Å². The molecule has 0 spiro atoms. The molecule has 2 aromatic rings. The van der Waals surface area contributed by atoms with Crippen LogP contribution >= 0.6 is 0 Å². The van der Waals surface area contributed by atoms with Crippen molar-refractivity contribution in [3.63, 3.8) is 0 Å². The van der Waals surface area contributed by atoms with E-state index in [0.717, 1.165) is 11.3 Å². The Morgan fingerprint density at radius 3 is 2.50 bits per heavy atom. The Labute approximate surface area is 152 Å². The number of amides is 2. The molecule has 3 rings (SSSR count). The van der Waals surface area contributed by atoms with Crippen molar-refractivity contribution in [1.29, 1.82) is 0 Å². The molecule has 1 atom stereocenters. The van der Waals surface area contributed by atoms with Gasteiger partial charge in [-0.3, -0.25) is 9.59 Å². The smallest absolute Gasteiger partial charge is 0.279 e. The van der Waals surface area contributed by atoms with Crippen LogP contribution in [-0.4, -0.2) is 43.4 Å². The molecule has 0 aromatic heterocycles. The van der Waals surface area contributed by atoms with Gasteiger partial charge in [-0.1, -0.05) is 24.3 Å². The highest BCUT2D eigenvalue weighted by Gasteiger charge is 2.23. The molecule has 136 valence electrons. The number of quaternary nitrogens is 1. The molecule has 0 saturated heterocycles. The number of nitrogens with one attached hydrogen (secondary N) is 2. The third kappa shape index (κ3) is 4.67. The van der Waals surface area contributed by atoms with E-state index in [4.69, 9.17) is 0 Å². The predicted molar refractivity (Wildman–Crippen MR) is 97.2 cm³/mol. The van der Waals surface area contributed by atoms with Crippen molar-refractivity contribution in [3.8, 4) is 0 Å². The number of anilines is 1. The Hall–Kier alpha value is -2.73. The molecular weight excluding hydrogens is 333 g/mol. The van der Waals surface area contributed by atoms with Gasteiger partial charge in [0.2, 0.25) is 0 Å². The summed E-state index contributed by atoms with van der Waals surface area (Å²) in [6.45, 7) is 1.78. The van der Waals surface area contributed by atoms with Gasteiger partial charge in [0.25, 0.3) is 11.8 Å². The zero-order valence-corrected chi connectivity index (χ0v) is 14.8. The van der Waals surface area contributed by atoms with Crippen LogP contribution in [0.5, 0.6) is 0 Å². The van der Waals surface area contributed by atoms with Gasteiger partial charge >= 0.3 is 0 Å². The zero-order valence-electron chi connectivity index (χ0n) is 14.8. The van der Waals surface area contributed by atoms with Gasteiger partial charge in [-0.25, -0.2) is 4.39 Å². The Balaban J connectivity index is 1.48. The molecule has 0 fully saturated rings. The van der Waals surface area contributed by atoms with Gasteiger partial charge in [0.05, 0.1) is 7.05 Å². The van der Waals surface area contributed by atoms with E-state index in [1.807, 2.05) is 24.1 Å². The summed E-state index contributed by atoms with van der Waals surface area (Å²) in [5.41, 5.74) is 3.04. The van der Waals surface area contributed by atoms with Crippen molar-refractivity contribution < 1.29 is 18.9 Å². The maximum Gasteiger partial charge on any atom is 0.279 e. The molecule has 1 aliphatic heterocycles. The van der Waals surface area contributed by atoms with Crippen molar-refractivity contribution in [1.82, 2.24) is 4.90 Å². The fraction of sp³-hybridized carbons (Fsp3) is 0.300. The van der Waals surface area contributed by atoms with E-state index in [2.05, 4.69) is 17.4 Å². The largest absolute Gasteiger partial charge is 0.333 e. The molecule has 0 bridgehead atoms. The SMILES string of the molecule is C[NH+](CC(=O)Nc1ccc(F)cc1)CC(=O)N1CCc2ccccc2C1. The summed E-state index contributed by atoms with van der Waals surface area (Å²) in [6, 6.07) is 13.8. The number of carbonyl (C=O) groups is 2. The molecule has 5 nitrogen and oxygen atoms in total. The molecule has 1 heterocycles. The summed E-state index contributed by atoms with van der Waals surface area (Å²) in [6.07, 6.45) is 0.867. The number of hydrogen-bond donors (Lipinski definition) is 2. The molecule has 6 heteroatoms. The molecule has 2 N–H and O–H groups in total. The molecule has 2 amide bonds. The predicted octanol–water partition coefficient (Wildman–Crippen LogP) is 0.864. The summed E-state index contributed by atoms with van der Waals surface area (Å²) in [4.78, 5) is 27.3. The Bertz CT molecular complexity index is 792. The highest BCUT2D eigenvalue weighted by atomic mass is 19.1. The topological polar surface area (TPSA) is 53.9 Å². The van der Waals surface area contributed by atoms with Crippen LogP contribution in [0, 0.1) is 5.82 Å². The van der Waals surface area contributed by atoms with Crippen molar-refractivity contribution in [2.75, 3.05) is 32.0 Å². The summed E-state index contributed by atoms with van der Waals surface area (Å²) < 4.78 is 12.9.